The molecular weight excluding hydrogens is 292 g/mol. The maximum Gasteiger partial charge on any atom is 0.227 e. The smallest absolute Gasteiger partial charge is 0.227 e. The van der Waals surface area contributed by atoms with Crippen molar-refractivity contribution in [2.24, 2.45) is 5.92 Å². The summed E-state index contributed by atoms with van der Waals surface area (Å²) in [5.41, 5.74) is 2.63. The van der Waals surface area contributed by atoms with Crippen molar-refractivity contribution in [3.8, 4) is 5.75 Å². The summed E-state index contributed by atoms with van der Waals surface area (Å²) in [6.45, 7) is 3.18. The van der Waals surface area contributed by atoms with E-state index in [1.54, 1.807) is 14.2 Å². The van der Waals surface area contributed by atoms with Gasteiger partial charge in [0.1, 0.15) is 5.75 Å². The van der Waals surface area contributed by atoms with E-state index in [9.17, 15) is 4.79 Å². The molecular formula is C18H26N2O3. The first-order valence-corrected chi connectivity index (χ1v) is 8.39. The lowest BCUT2D eigenvalue weighted by atomic mass is 9.96. The molecule has 23 heavy (non-hydrogen) atoms. The highest BCUT2D eigenvalue weighted by atomic mass is 16.5. The molecule has 5 heteroatoms. The van der Waals surface area contributed by atoms with Crippen LogP contribution in [0.4, 0.5) is 0 Å². The maximum atomic E-state index is 12.8. The Morgan fingerprint density at radius 1 is 1.17 bits per heavy atom. The third kappa shape index (κ3) is 3.67. The fourth-order valence-electron chi connectivity index (χ4n) is 3.58. The molecule has 3 rings (SSSR count). The number of carbonyl (C=O) groups excluding carboxylic acids is 1. The second-order valence-corrected chi connectivity index (χ2v) is 6.41. The first-order chi connectivity index (χ1) is 11.2. The molecule has 0 aromatic heterocycles. The van der Waals surface area contributed by atoms with Crippen molar-refractivity contribution in [3.63, 3.8) is 0 Å². The minimum atomic E-state index is 0.0319. The highest BCUT2D eigenvalue weighted by Crippen LogP contribution is 2.23. The summed E-state index contributed by atoms with van der Waals surface area (Å²) < 4.78 is 10.7. The van der Waals surface area contributed by atoms with Crippen LogP contribution in [0.2, 0.25) is 0 Å². The quantitative estimate of drug-likeness (QED) is 0.911. The number of hydrogen-bond donors (Lipinski definition) is 1. The van der Waals surface area contributed by atoms with Crippen LogP contribution in [0.3, 0.4) is 0 Å². The number of fused-ring (bicyclic) bond motifs is 1. The number of nitrogens with zero attached hydrogens (tertiary/aromatic N) is 1. The monoisotopic (exact) mass is 318 g/mol. The van der Waals surface area contributed by atoms with Gasteiger partial charge in [-0.3, -0.25) is 4.79 Å². The second kappa shape index (κ2) is 7.32. The van der Waals surface area contributed by atoms with E-state index in [-0.39, 0.29) is 17.9 Å². The van der Waals surface area contributed by atoms with Crippen molar-refractivity contribution in [1.82, 2.24) is 10.2 Å². The zero-order valence-electron chi connectivity index (χ0n) is 14.0. The predicted octanol–water partition coefficient (Wildman–Crippen LogP) is 1.25. The van der Waals surface area contributed by atoms with Gasteiger partial charge in [0.2, 0.25) is 5.91 Å². The number of ether oxygens (including phenoxy) is 2. The van der Waals surface area contributed by atoms with Gasteiger partial charge in [-0.15, -0.1) is 0 Å². The molecule has 2 aliphatic heterocycles. The Morgan fingerprint density at radius 3 is 2.70 bits per heavy atom. The molecule has 0 bridgehead atoms. The van der Waals surface area contributed by atoms with Gasteiger partial charge in [0.15, 0.2) is 0 Å². The molecule has 0 spiro atoms. The van der Waals surface area contributed by atoms with Crippen molar-refractivity contribution in [2.45, 2.75) is 25.4 Å². The van der Waals surface area contributed by atoms with Gasteiger partial charge >= 0.3 is 0 Å². The molecule has 1 saturated heterocycles. The molecule has 1 aromatic carbocycles. The number of methoxy groups -OCH3 is 2. The van der Waals surface area contributed by atoms with E-state index in [1.807, 2.05) is 11.0 Å². The molecule has 2 unspecified atom stereocenters. The maximum absolute atomic E-state index is 12.8. The van der Waals surface area contributed by atoms with Crippen molar-refractivity contribution >= 4 is 5.91 Å². The van der Waals surface area contributed by atoms with Gasteiger partial charge < -0.3 is 19.7 Å². The molecule has 2 heterocycles. The molecule has 1 N–H and O–H groups in total. The topological polar surface area (TPSA) is 50.8 Å². The van der Waals surface area contributed by atoms with Crippen LogP contribution in [-0.4, -0.2) is 57.3 Å². The molecule has 2 atom stereocenters. The number of carbonyl (C=O) groups is 1. The Bertz CT molecular complexity index is 561. The Balaban J connectivity index is 1.65. The summed E-state index contributed by atoms with van der Waals surface area (Å²) in [6.07, 6.45) is 2.77. The molecule has 126 valence electrons. The van der Waals surface area contributed by atoms with E-state index in [0.29, 0.717) is 0 Å². The van der Waals surface area contributed by atoms with Crippen molar-refractivity contribution in [3.05, 3.63) is 29.3 Å². The minimum absolute atomic E-state index is 0.0319. The van der Waals surface area contributed by atoms with Gasteiger partial charge in [-0.1, -0.05) is 6.07 Å². The second-order valence-electron chi connectivity index (χ2n) is 6.41. The normalized spacial score (nSPS) is 24.7. The number of nitrogens with one attached hydrogen (secondary N) is 1. The standard InChI is InChI=1S/C18H26N2O3/c1-22-16-4-3-13-5-7-20(8-6-14(13)9-16)18(21)15-10-17(23-2)12-19-11-15/h3-4,9,15,17,19H,5-8,10-12H2,1-2H3. The van der Waals surface area contributed by atoms with Crippen LogP contribution in [0.15, 0.2) is 18.2 Å². The number of rotatable bonds is 3. The van der Waals surface area contributed by atoms with Crippen LogP contribution in [0.25, 0.3) is 0 Å². The Hall–Kier alpha value is -1.59. The molecule has 2 aliphatic rings. The highest BCUT2D eigenvalue weighted by Gasteiger charge is 2.30. The summed E-state index contributed by atoms with van der Waals surface area (Å²) in [4.78, 5) is 14.9. The average Bonchev–Trinajstić information content (AvgIpc) is 2.83. The molecule has 0 aliphatic carbocycles. The lowest BCUT2D eigenvalue weighted by Gasteiger charge is -2.32. The van der Waals surface area contributed by atoms with Crippen LogP contribution >= 0.6 is 0 Å². The van der Waals surface area contributed by atoms with Gasteiger partial charge in [0, 0.05) is 33.3 Å². The Morgan fingerprint density at radius 2 is 1.96 bits per heavy atom. The lowest BCUT2D eigenvalue weighted by Crippen LogP contribution is -2.48. The van der Waals surface area contributed by atoms with E-state index < -0.39 is 0 Å². The van der Waals surface area contributed by atoms with E-state index >= 15 is 0 Å². The fraction of sp³-hybridized carbons (Fsp3) is 0.611. The van der Waals surface area contributed by atoms with Crippen molar-refractivity contribution in [2.75, 3.05) is 40.4 Å². The first-order valence-electron chi connectivity index (χ1n) is 8.39. The summed E-state index contributed by atoms with van der Waals surface area (Å²) in [6, 6.07) is 6.24. The Kier molecular flexibility index (Phi) is 5.18. The number of amides is 1. The van der Waals surface area contributed by atoms with Crippen molar-refractivity contribution < 1.29 is 14.3 Å². The molecule has 0 saturated carbocycles. The van der Waals surface area contributed by atoms with E-state index in [1.165, 1.54) is 11.1 Å². The highest BCUT2D eigenvalue weighted by molar-refractivity contribution is 5.79. The van der Waals surface area contributed by atoms with Crippen LogP contribution in [0.5, 0.6) is 5.75 Å². The summed E-state index contributed by atoms with van der Waals surface area (Å²) in [5.74, 6) is 1.19. The Labute approximate surface area is 137 Å². The van der Waals surface area contributed by atoms with E-state index in [0.717, 1.165) is 51.2 Å². The SMILES string of the molecule is COc1ccc2c(c1)CCN(C(=O)C1CNCC(OC)C1)CC2. The summed E-state index contributed by atoms with van der Waals surface area (Å²) in [7, 11) is 3.41. The third-order valence-corrected chi connectivity index (χ3v) is 5.02. The van der Waals surface area contributed by atoms with Crippen LogP contribution in [-0.2, 0) is 22.4 Å². The summed E-state index contributed by atoms with van der Waals surface area (Å²) in [5, 5.41) is 3.31. The molecule has 5 nitrogen and oxygen atoms in total. The van der Waals surface area contributed by atoms with Gasteiger partial charge in [-0.25, -0.2) is 0 Å². The van der Waals surface area contributed by atoms with Crippen LogP contribution in [0.1, 0.15) is 17.5 Å². The third-order valence-electron chi connectivity index (χ3n) is 5.02. The average molecular weight is 318 g/mol. The van der Waals surface area contributed by atoms with Crippen molar-refractivity contribution in [1.29, 1.82) is 0 Å². The zero-order valence-corrected chi connectivity index (χ0v) is 14.0. The minimum Gasteiger partial charge on any atom is -0.497 e. The van der Waals surface area contributed by atoms with E-state index in [2.05, 4.69) is 17.4 Å². The molecule has 1 fully saturated rings. The number of benzene rings is 1. The molecule has 1 amide bonds. The van der Waals surface area contributed by atoms with E-state index in [4.69, 9.17) is 9.47 Å². The fourth-order valence-corrected chi connectivity index (χ4v) is 3.58. The molecule has 1 aromatic rings. The zero-order chi connectivity index (χ0) is 16.2. The predicted molar refractivity (Wildman–Crippen MR) is 88.8 cm³/mol. The van der Waals surface area contributed by atoms with Crippen LogP contribution in [0, 0.1) is 5.92 Å². The van der Waals surface area contributed by atoms with Gasteiger partial charge in [-0.05, 0) is 42.5 Å². The largest absolute Gasteiger partial charge is 0.497 e. The van der Waals surface area contributed by atoms with Crippen LogP contribution < -0.4 is 10.1 Å². The molecule has 0 radical (unpaired) electrons. The first kappa shape index (κ1) is 16.3. The van der Waals surface area contributed by atoms with Gasteiger partial charge in [0.25, 0.3) is 0 Å². The lowest BCUT2D eigenvalue weighted by molar-refractivity contribution is -0.137. The van der Waals surface area contributed by atoms with Gasteiger partial charge in [0.05, 0.1) is 19.1 Å². The number of hydrogen-bond acceptors (Lipinski definition) is 4. The van der Waals surface area contributed by atoms with Gasteiger partial charge in [-0.2, -0.15) is 0 Å². The summed E-state index contributed by atoms with van der Waals surface area (Å²) >= 11 is 0. The number of piperidine rings is 1.